The number of amides is 1. The Hall–Kier alpha value is -2.47. The number of benzene rings is 2. The van der Waals surface area contributed by atoms with Crippen molar-refractivity contribution in [3.05, 3.63) is 52.5 Å². The predicted octanol–water partition coefficient (Wildman–Crippen LogP) is 5.10. The fourth-order valence-corrected chi connectivity index (χ4v) is 6.14. The number of carbonyl (C=O) groups excluding carboxylic acids is 1. The largest absolute Gasteiger partial charge is 0.444 e. The highest BCUT2D eigenvalue weighted by Gasteiger charge is 2.42. The van der Waals surface area contributed by atoms with Crippen LogP contribution in [0.5, 0.6) is 0 Å². The molecule has 2 heterocycles. The first-order chi connectivity index (χ1) is 16.2. The number of carbonyl (C=O) groups is 1. The topological polar surface area (TPSA) is 70.2 Å². The average molecular weight is 576 g/mol. The Morgan fingerprint density at radius 3 is 2.40 bits per heavy atom. The number of piperazine rings is 1. The molecule has 0 radical (unpaired) electrons. The van der Waals surface area contributed by atoms with E-state index in [0.717, 1.165) is 22.5 Å². The van der Waals surface area contributed by atoms with Crippen LogP contribution in [0.4, 0.5) is 29.3 Å². The molecule has 4 rings (SSSR count). The highest BCUT2D eigenvalue weighted by molar-refractivity contribution is 9.10. The van der Waals surface area contributed by atoms with Gasteiger partial charge in [0, 0.05) is 24.1 Å². The van der Waals surface area contributed by atoms with Crippen molar-refractivity contribution in [3.63, 3.8) is 0 Å². The zero-order valence-electron chi connectivity index (χ0n) is 19.3. The monoisotopic (exact) mass is 575 g/mol. The Morgan fingerprint density at radius 2 is 1.74 bits per heavy atom. The average Bonchev–Trinajstić information content (AvgIpc) is 2.76. The van der Waals surface area contributed by atoms with E-state index in [-0.39, 0.29) is 13.1 Å². The zero-order chi connectivity index (χ0) is 25.8. The van der Waals surface area contributed by atoms with Crippen molar-refractivity contribution in [1.82, 2.24) is 4.90 Å². The van der Waals surface area contributed by atoms with Gasteiger partial charge in [0.05, 0.1) is 34.4 Å². The van der Waals surface area contributed by atoms with Gasteiger partial charge in [-0.05, 0) is 57.2 Å². The first kappa shape index (κ1) is 25.6. The van der Waals surface area contributed by atoms with Crippen LogP contribution in [0.3, 0.4) is 0 Å². The number of sulfonamides is 1. The van der Waals surface area contributed by atoms with Gasteiger partial charge >= 0.3 is 12.3 Å². The van der Waals surface area contributed by atoms with E-state index in [4.69, 9.17) is 4.74 Å². The maximum Gasteiger partial charge on any atom is 0.416 e. The fourth-order valence-electron chi connectivity index (χ4n) is 4.24. The van der Waals surface area contributed by atoms with Crippen molar-refractivity contribution in [2.24, 2.45) is 0 Å². The summed E-state index contributed by atoms with van der Waals surface area (Å²) in [7, 11) is -4.34. The number of ether oxygens (including phenoxy) is 1. The molecule has 0 bridgehead atoms. The number of halogens is 4. The lowest BCUT2D eigenvalue weighted by atomic mass is 10.1. The molecule has 190 valence electrons. The van der Waals surface area contributed by atoms with Crippen molar-refractivity contribution in [3.8, 4) is 0 Å². The Morgan fingerprint density at radius 1 is 1.03 bits per heavy atom. The summed E-state index contributed by atoms with van der Waals surface area (Å²) in [5.74, 6) is 0. The summed E-state index contributed by atoms with van der Waals surface area (Å²) in [5.41, 5.74) is -0.735. The summed E-state index contributed by atoms with van der Waals surface area (Å²) in [4.78, 5) is 15.8. The molecule has 1 fully saturated rings. The number of hydrogen-bond acceptors (Lipinski definition) is 5. The third-order valence-electron chi connectivity index (χ3n) is 5.78. The van der Waals surface area contributed by atoms with Gasteiger partial charge < -0.3 is 14.5 Å². The molecule has 0 aromatic heterocycles. The summed E-state index contributed by atoms with van der Waals surface area (Å²) >= 11 is 3.36. The molecular formula is C23H25BrF3N3O4S. The molecule has 0 aliphatic carbocycles. The quantitative estimate of drug-likeness (QED) is 0.498. The SMILES string of the molecule is CC(C)(C)OC(=O)N1CCN2c3ccc(Br)cc3N(S(=O)(=O)c3cccc(C(F)(F)F)c3)CC2C1. The zero-order valence-corrected chi connectivity index (χ0v) is 21.7. The minimum absolute atomic E-state index is 0.0403. The van der Waals surface area contributed by atoms with Crippen LogP contribution in [-0.4, -0.2) is 57.2 Å². The molecule has 2 aromatic rings. The number of fused-ring (bicyclic) bond motifs is 3. The molecular weight excluding hydrogens is 551 g/mol. The molecule has 1 saturated heterocycles. The fraction of sp³-hybridized carbons (Fsp3) is 0.435. The molecule has 0 spiro atoms. The van der Waals surface area contributed by atoms with Gasteiger partial charge in [0.15, 0.2) is 0 Å². The minimum atomic E-state index is -4.68. The summed E-state index contributed by atoms with van der Waals surface area (Å²) in [6.07, 6.45) is -5.17. The van der Waals surface area contributed by atoms with Crippen molar-refractivity contribution in [1.29, 1.82) is 0 Å². The molecule has 2 aliphatic heterocycles. The van der Waals surface area contributed by atoms with E-state index in [1.807, 2.05) is 4.90 Å². The molecule has 0 N–H and O–H groups in total. The van der Waals surface area contributed by atoms with Crippen LogP contribution in [-0.2, 0) is 20.9 Å². The number of alkyl halides is 3. The van der Waals surface area contributed by atoms with Gasteiger partial charge in [-0.25, -0.2) is 13.2 Å². The molecule has 1 unspecified atom stereocenters. The third-order valence-corrected chi connectivity index (χ3v) is 8.04. The van der Waals surface area contributed by atoms with Crippen LogP contribution in [0.15, 0.2) is 51.8 Å². The second kappa shape index (κ2) is 8.88. The Kier molecular flexibility index (Phi) is 6.50. The molecule has 35 heavy (non-hydrogen) atoms. The lowest BCUT2D eigenvalue weighted by Gasteiger charge is -2.49. The van der Waals surface area contributed by atoms with Crippen LogP contribution in [0.2, 0.25) is 0 Å². The van der Waals surface area contributed by atoms with E-state index < -0.39 is 44.4 Å². The first-order valence-corrected chi connectivity index (χ1v) is 13.1. The molecule has 2 aromatic carbocycles. The van der Waals surface area contributed by atoms with Crippen molar-refractivity contribution >= 4 is 43.4 Å². The van der Waals surface area contributed by atoms with Gasteiger partial charge in [-0.3, -0.25) is 4.31 Å². The summed E-state index contributed by atoms with van der Waals surface area (Å²) in [6, 6.07) is 8.48. The van der Waals surface area contributed by atoms with Gasteiger partial charge in [-0.15, -0.1) is 0 Å². The normalized spacial score (nSPS) is 18.7. The van der Waals surface area contributed by atoms with Gasteiger partial charge in [0.25, 0.3) is 10.0 Å². The molecule has 1 amide bonds. The minimum Gasteiger partial charge on any atom is -0.444 e. The molecule has 0 saturated carbocycles. The maximum atomic E-state index is 13.6. The number of anilines is 2. The van der Waals surface area contributed by atoms with Gasteiger partial charge in [0.2, 0.25) is 0 Å². The highest BCUT2D eigenvalue weighted by Crippen LogP contribution is 2.42. The van der Waals surface area contributed by atoms with Crippen LogP contribution >= 0.6 is 15.9 Å². The maximum absolute atomic E-state index is 13.6. The summed E-state index contributed by atoms with van der Waals surface area (Å²) in [5, 5.41) is 0. The van der Waals surface area contributed by atoms with Crippen LogP contribution in [0.25, 0.3) is 0 Å². The lowest BCUT2D eigenvalue weighted by Crippen LogP contribution is -2.61. The summed E-state index contributed by atoms with van der Waals surface area (Å²) < 4.78 is 74.3. The Labute approximate surface area is 210 Å². The molecule has 12 heteroatoms. The van der Waals surface area contributed by atoms with Gasteiger partial charge in [0.1, 0.15) is 5.60 Å². The van der Waals surface area contributed by atoms with Crippen molar-refractivity contribution < 1.29 is 31.1 Å². The number of nitrogens with zero attached hydrogens (tertiary/aromatic N) is 3. The third kappa shape index (κ3) is 5.23. The van der Waals surface area contributed by atoms with Crippen molar-refractivity contribution in [2.75, 3.05) is 35.4 Å². The van der Waals surface area contributed by atoms with Crippen LogP contribution < -0.4 is 9.21 Å². The molecule has 7 nitrogen and oxygen atoms in total. The first-order valence-electron chi connectivity index (χ1n) is 10.9. The highest BCUT2D eigenvalue weighted by atomic mass is 79.9. The smallest absolute Gasteiger partial charge is 0.416 e. The lowest BCUT2D eigenvalue weighted by molar-refractivity contribution is -0.137. The second-order valence-corrected chi connectivity index (χ2v) is 12.2. The molecule has 1 atom stereocenters. The second-order valence-electron chi connectivity index (χ2n) is 9.47. The van der Waals surface area contributed by atoms with E-state index in [9.17, 15) is 26.4 Å². The van der Waals surface area contributed by atoms with Crippen molar-refractivity contribution in [2.45, 2.75) is 43.5 Å². The number of hydrogen-bond donors (Lipinski definition) is 0. The number of rotatable bonds is 2. The van der Waals surface area contributed by atoms with Crippen LogP contribution in [0.1, 0.15) is 26.3 Å². The molecule has 2 aliphatic rings. The van der Waals surface area contributed by atoms with Gasteiger partial charge in [-0.1, -0.05) is 22.0 Å². The van der Waals surface area contributed by atoms with Gasteiger partial charge in [-0.2, -0.15) is 13.2 Å². The Balaban J connectivity index is 1.72. The standard InChI is InChI=1S/C23H25BrF3N3O4S/c1-22(2,3)34-21(31)28-9-10-29-17(13-28)14-30(20-12-16(24)7-8-19(20)29)35(32,33)18-6-4-5-15(11-18)23(25,26)27/h4-8,11-12,17H,9-10,13-14H2,1-3H3. The van der Waals surface area contributed by atoms with E-state index in [1.54, 1.807) is 39.0 Å². The van der Waals surface area contributed by atoms with E-state index in [0.29, 0.717) is 35.0 Å². The predicted molar refractivity (Wildman–Crippen MR) is 129 cm³/mol. The van der Waals surface area contributed by atoms with E-state index in [2.05, 4.69) is 15.9 Å². The Bertz CT molecular complexity index is 1250. The van der Waals surface area contributed by atoms with Crippen LogP contribution in [0, 0.1) is 0 Å². The van der Waals surface area contributed by atoms with E-state index >= 15 is 0 Å². The summed E-state index contributed by atoms with van der Waals surface area (Å²) in [6.45, 7) is 6.30. The van der Waals surface area contributed by atoms with E-state index in [1.165, 1.54) is 4.90 Å².